The second kappa shape index (κ2) is 4.13. The van der Waals surface area contributed by atoms with Crippen LogP contribution >= 0.6 is 0 Å². The molecule has 0 saturated carbocycles. The van der Waals surface area contributed by atoms with E-state index < -0.39 is 0 Å². The van der Waals surface area contributed by atoms with Crippen molar-refractivity contribution in [3.8, 4) is 5.75 Å². The molecule has 3 heteroatoms. The van der Waals surface area contributed by atoms with Crippen molar-refractivity contribution in [2.75, 3.05) is 0 Å². The second-order valence-corrected chi connectivity index (χ2v) is 6.50. The van der Waals surface area contributed by atoms with Crippen LogP contribution in [-0.2, 0) is 10.8 Å². The normalized spacial score (nSPS) is 12.6. The van der Waals surface area contributed by atoms with E-state index in [2.05, 4.69) is 5.11 Å². The lowest BCUT2D eigenvalue weighted by Crippen LogP contribution is -2.16. The second-order valence-electron chi connectivity index (χ2n) is 6.50. The van der Waals surface area contributed by atoms with E-state index >= 15 is 0 Å². The molecular weight excluding hydrogens is 212 g/mol. The van der Waals surface area contributed by atoms with E-state index in [4.69, 9.17) is 5.53 Å². The minimum absolute atomic E-state index is 0.162. The highest BCUT2D eigenvalue weighted by molar-refractivity contribution is 5.56. The van der Waals surface area contributed by atoms with E-state index in [9.17, 15) is 5.11 Å². The molecule has 0 fully saturated rings. The Labute approximate surface area is 103 Å². The number of phenols is 1. The molecule has 0 aliphatic carbocycles. The Balaban J connectivity index is 3.59. The van der Waals surface area contributed by atoms with Gasteiger partial charge in [-0.25, -0.2) is 5.53 Å². The summed E-state index contributed by atoms with van der Waals surface area (Å²) >= 11 is 0. The summed E-state index contributed by atoms with van der Waals surface area (Å²) in [4.78, 5) is 0. The molecule has 0 spiro atoms. The molecule has 17 heavy (non-hydrogen) atoms. The summed E-state index contributed by atoms with van der Waals surface area (Å²) in [6.45, 7) is 12.3. The molecule has 0 saturated heterocycles. The van der Waals surface area contributed by atoms with Gasteiger partial charge in [0.15, 0.2) is 0 Å². The Morgan fingerprint density at radius 3 is 1.53 bits per heavy atom. The lowest BCUT2D eigenvalue weighted by molar-refractivity contribution is 0.423. The van der Waals surface area contributed by atoms with Gasteiger partial charge < -0.3 is 5.11 Å². The average molecular weight is 234 g/mol. The molecule has 0 heterocycles. The van der Waals surface area contributed by atoms with Crippen LogP contribution in [0.5, 0.6) is 5.75 Å². The number of hydrogen-bond donors (Lipinski definition) is 2. The number of aromatic hydroxyl groups is 1. The lowest BCUT2D eigenvalue weighted by Gasteiger charge is -2.27. The summed E-state index contributed by atoms with van der Waals surface area (Å²) in [5, 5.41) is 13.9. The zero-order valence-corrected chi connectivity index (χ0v) is 11.5. The Morgan fingerprint density at radius 2 is 1.29 bits per heavy atom. The first-order chi connectivity index (χ1) is 7.57. The Morgan fingerprint density at radius 1 is 0.941 bits per heavy atom. The third kappa shape index (κ3) is 2.84. The maximum Gasteiger partial charge on any atom is 0.123 e. The van der Waals surface area contributed by atoms with Gasteiger partial charge in [-0.3, -0.25) is 0 Å². The first-order valence-electron chi connectivity index (χ1n) is 5.83. The Kier molecular flexibility index (Phi) is 3.33. The van der Waals surface area contributed by atoms with Crippen molar-refractivity contribution >= 4 is 5.69 Å². The molecule has 0 radical (unpaired) electrons. The fourth-order valence-corrected chi connectivity index (χ4v) is 1.83. The van der Waals surface area contributed by atoms with E-state index in [1.165, 1.54) is 0 Å². The van der Waals surface area contributed by atoms with Crippen molar-refractivity contribution in [2.24, 2.45) is 5.11 Å². The molecule has 1 aromatic carbocycles. The Hall–Kier alpha value is -1.38. The number of benzene rings is 1. The molecular formula is C14H22N2O. The maximum absolute atomic E-state index is 10.4. The number of nitrogens with one attached hydrogen (secondary N) is 1. The van der Waals surface area contributed by atoms with Gasteiger partial charge in [0.05, 0.1) is 5.69 Å². The largest absolute Gasteiger partial charge is 0.507 e. The molecule has 0 aromatic heterocycles. The quantitative estimate of drug-likeness (QED) is 0.683. The molecule has 2 N–H and O–H groups in total. The zero-order valence-electron chi connectivity index (χ0n) is 11.5. The molecule has 1 aromatic rings. The number of nitrogens with zero attached hydrogens (tertiary/aromatic N) is 1. The monoisotopic (exact) mass is 234 g/mol. The van der Waals surface area contributed by atoms with Gasteiger partial charge in [-0.15, -0.1) is 0 Å². The van der Waals surface area contributed by atoms with Crippen molar-refractivity contribution in [3.05, 3.63) is 23.3 Å². The van der Waals surface area contributed by atoms with Crippen molar-refractivity contribution in [1.29, 1.82) is 5.53 Å². The van der Waals surface area contributed by atoms with Crippen LogP contribution in [-0.4, -0.2) is 5.11 Å². The maximum atomic E-state index is 10.4. The van der Waals surface area contributed by atoms with Crippen molar-refractivity contribution in [2.45, 2.75) is 52.4 Å². The highest BCUT2D eigenvalue weighted by Crippen LogP contribution is 2.41. The van der Waals surface area contributed by atoms with E-state index in [0.717, 1.165) is 11.1 Å². The van der Waals surface area contributed by atoms with E-state index in [1.807, 2.05) is 41.5 Å². The van der Waals surface area contributed by atoms with Crippen molar-refractivity contribution < 1.29 is 5.11 Å². The predicted octanol–water partition coefficient (Wildman–Crippen LogP) is 4.65. The molecule has 0 aliphatic heterocycles. The highest BCUT2D eigenvalue weighted by Gasteiger charge is 2.26. The first kappa shape index (κ1) is 13.7. The van der Waals surface area contributed by atoms with Gasteiger partial charge in [0.2, 0.25) is 0 Å². The third-order valence-corrected chi connectivity index (χ3v) is 2.84. The first-order valence-corrected chi connectivity index (χ1v) is 5.83. The molecule has 0 aliphatic rings. The van der Waals surface area contributed by atoms with Gasteiger partial charge in [0.25, 0.3) is 0 Å². The summed E-state index contributed by atoms with van der Waals surface area (Å²) in [5.74, 6) is 0.331. The van der Waals surface area contributed by atoms with Gasteiger partial charge in [0, 0.05) is 11.1 Å². The van der Waals surface area contributed by atoms with Crippen LogP contribution in [0, 0.1) is 5.53 Å². The van der Waals surface area contributed by atoms with Gasteiger partial charge in [0.1, 0.15) is 5.75 Å². The molecule has 0 atom stereocenters. The van der Waals surface area contributed by atoms with Crippen LogP contribution in [0.1, 0.15) is 52.7 Å². The van der Waals surface area contributed by atoms with Gasteiger partial charge in [-0.1, -0.05) is 41.5 Å². The molecule has 0 amide bonds. The summed E-state index contributed by atoms with van der Waals surface area (Å²) in [6.07, 6.45) is 0. The highest BCUT2D eigenvalue weighted by atomic mass is 16.3. The summed E-state index contributed by atoms with van der Waals surface area (Å²) in [7, 11) is 0. The fourth-order valence-electron chi connectivity index (χ4n) is 1.83. The minimum Gasteiger partial charge on any atom is -0.507 e. The van der Waals surface area contributed by atoms with Gasteiger partial charge >= 0.3 is 0 Å². The van der Waals surface area contributed by atoms with Crippen LogP contribution in [0.3, 0.4) is 0 Å². The van der Waals surface area contributed by atoms with Crippen molar-refractivity contribution in [1.82, 2.24) is 0 Å². The smallest absolute Gasteiger partial charge is 0.123 e. The topological polar surface area (TPSA) is 56.4 Å². The lowest BCUT2D eigenvalue weighted by atomic mass is 9.79. The zero-order chi connectivity index (χ0) is 13.4. The molecule has 1 rings (SSSR count). The van der Waals surface area contributed by atoms with Crippen LogP contribution in [0.15, 0.2) is 17.2 Å². The van der Waals surface area contributed by atoms with E-state index in [1.54, 1.807) is 12.1 Å². The van der Waals surface area contributed by atoms with Crippen LogP contribution in [0.2, 0.25) is 0 Å². The SMILES string of the molecule is CC(C)(C)c1cc(N=N)cc(C(C)(C)C)c1O. The van der Waals surface area contributed by atoms with Crippen LogP contribution < -0.4 is 0 Å². The predicted molar refractivity (Wildman–Crippen MR) is 70.3 cm³/mol. The fraction of sp³-hybridized carbons (Fsp3) is 0.571. The molecule has 0 unspecified atom stereocenters. The van der Waals surface area contributed by atoms with Gasteiger partial charge in [-0.2, -0.15) is 5.11 Å². The summed E-state index contributed by atoms with van der Waals surface area (Å²) in [6, 6.07) is 3.58. The number of phenolic OH excluding ortho intramolecular Hbond substituents is 1. The van der Waals surface area contributed by atoms with Crippen molar-refractivity contribution in [3.63, 3.8) is 0 Å². The number of hydrogen-bond acceptors (Lipinski definition) is 3. The van der Waals surface area contributed by atoms with Crippen LogP contribution in [0.25, 0.3) is 0 Å². The van der Waals surface area contributed by atoms with E-state index in [0.29, 0.717) is 11.4 Å². The number of rotatable bonds is 1. The van der Waals surface area contributed by atoms with Crippen LogP contribution in [0.4, 0.5) is 5.69 Å². The third-order valence-electron chi connectivity index (χ3n) is 2.84. The molecule has 0 bridgehead atoms. The minimum atomic E-state index is -0.162. The van der Waals surface area contributed by atoms with E-state index in [-0.39, 0.29) is 10.8 Å². The summed E-state index contributed by atoms with van der Waals surface area (Å²) < 4.78 is 0. The Bertz CT molecular complexity index is 402. The van der Waals surface area contributed by atoms with Gasteiger partial charge in [-0.05, 0) is 23.0 Å². The standard InChI is InChI=1S/C14H22N2O/c1-13(2,3)10-7-9(16-15)8-11(12(10)17)14(4,5)6/h7-8,15,17H,1-6H3. The average Bonchev–Trinajstić information content (AvgIpc) is 2.14. The molecule has 94 valence electrons. The summed E-state index contributed by atoms with van der Waals surface area (Å²) in [5.41, 5.74) is 9.12. The molecule has 3 nitrogen and oxygen atoms in total.